The molecule has 0 N–H and O–H groups in total. The first-order valence-electron chi connectivity index (χ1n) is 6.56. The minimum Gasteiger partial charge on any atom is -0.282 e. The van der Waals surface area contributed by atoms with Gasteiger partial charge in [-0.3, -0.25) is 4.57 Å². The van der Waals surface area contributed by atoms with Gasteiger partial charge in [0.1, 0.15) is 12.1 Å². The maximum absolute atomic E-state index is 12.9. The second kappa shape index (κ2) is 6.61. The Labute approximate surface area is 117 Å². The van der Waals surface area contributed by atoms with Crippen LogP contribution in [0.25, 0.3) is 17.1 Å². The van der Waals surface area contributed by atoms with E-state index in [-0.39, 0.29) is 5.82 Å². The highest BCUT2D eigenvalue weighted by Crippen LogP contribution is 2.20. The molecule has 0 aliphatic rings. The number of rotatable bonds is 2. The second-order valence-electron chi connectivity index (χ2n) is 3.87. The topological polar surface area (TPSA) is 30.7 Å². The van der Waals surface area contributed by atoms with Crippen molar-refractivity contribution >= 4 is 0 Å². The number of halogens is 1. The van der Waals surface area contributed by atoms with Gasteiger partial charge in [-0.05, 0) is 36.4 Å². The third-order valence-electron chi connectivity index (χ3n) is 2.68. The number of aromatic nitrogens is 3. The van der Waals surface area contributed by atoms with Gasteiger partial charge in [0.15, 0.2) is 5.82 Å². The second-order valence-corrected chi connectivity index (χ2v) is 3.87. The Hall–Kier alpha value is -2.49. The van der Waals surface area contributed by atoms with E-state index in [1.165, 1.54) is 12.1 Å². The molecule has 0 radical (unpaired) electrons. The van der Waals surface area contributed by atoms with Gasteiger partial charge < -0.3 is 0 Å². The number of benzene rings is 2. The van der Waals surface area contributed by atoms with Gasteiger partial charge >= 0.3 is 0 Å². The predicted molar refractivity (Wildman–Crippen MR) is 78.1 cm³/mol. The molecule has 20 heavy (non-hydrogen) atoms. The zero-order chi connectivity index (χ0) is 14.4. The van der Waals surface area contributed by atoms with E-state index in [1.54, 1.807) is 18.5 Å². The van der Waals surface area contributed by atoms with Gasteiger partial charge in [0.2, 0.25) is 0 Å². The highest BCUT2D eigenvalue weighted by atomic mass is 19.1. The summed E-state index contributed by atoms with van der Waals surface area (Å²) in [6, 6.07) is 16.0. The van der Waals surface area contributed by atoms with Gasteiger partial charge in [-0.15, -0.1) is 10.2 Å². The van der Waals surface area contributed by atoms with Crippen molar-refractivity contribution in [1.82, 2.24) is 14.8 Å². The van der Waals surface area contributed by atoms with Gasteiger partial charge in [0, 0.05) is 11.3 Å². The molecule has 2 aromatic carbocycles. The van der Waals surface area contributed by atoms with Crippen LogP contribution in [0.4, 0.5) is 4.39 Å². The van der Waals surface area contributed by atoms with Crippen LogP contribution in [-0.4, -0.2) is 14.8 Å². The molecule has 3 rings (SSSR count). The van der Waals surface area contributed by atoms with Gasteiger partial charge in [0.05, 0.1) is 0 Å². The maximum Gasteiger partial charge on any atom is 0.168 e. The Morgan fingerprint density at radius 1 is 0.900 bits per heavy atom. The molecule has 3 aromatic rings. The van der Waals surface area contributed by atoms with Crippen LogP contribution in [-0.2, 0) is 0 Å². The minimum absolute atomic E-state index is 0.260. The van der Waals surface area contributed by atoms with Crippen LogP contribution in [0.3, 0.4) is 0 Å². The van der Waals surface area contributed by atoms with Gasteiger partial charge in [-0.1, -0.05) is 32.0 Å². The number of hydrogen-bond acceptors (Lipinski definition) is 2. The molecule has 4 heteroatoms. The van der Waals surface area contributed by atoms with Gasteiger partial charge in [0.25, 0.3) is 0 Å². The summed E-state index contributed by atoms with van der Waals surface area (Å²) in [5.74, 6) is 0.436. The van der Waals surface area contributed by atoms with Crippen molar-refractivity contribution in [3.63, 3.8) is 0 Å². The van der Waals surface area contributed by atoms with Crippen molar-refractivity contribution in [2.24, 2.45) is 0 Å². The molecule has 3 nitrogen and oxygen atoms in total. The lowest BCUT2D eigenvalue weighted by atomic mass is 10.2. The summed E-state index contributed by atoms with van der Waals surface area (Å²) in [6.45, 7) is 4.00. The van der Waals surface area contributed by atoms with Crippen LogP contribution in [0, 0.1) is 5.82 Å². The monoisotopic (exact) mass is 269 g/mol. The van der Waals surface area contributed by atoms with Crippen molar-refractivity contribution in [2.75, 3.05) is 0 Å². The first-order valence-corrected chi connectivity index (χ1v) is 6.56. The Balaban J connectivity index is 0.000000704. The lowest BCUT2D eigenvalue weighted by Crippen LogP contribution is -1.95. The van der Waals surface area contributed by atoms with E-state index in [4.69, 9.17) is 0 Å². The molecule has 0 atom stereocenters. The molecule has 0 aliphatic carbocycles. The molecule has 0 saturated carbocycles. The molecule has 1 heterocycles. The van der Waals surface area contributed by atoms with Crippen LogP contribution >= 0.6 is 0 Å². The summed E-state index contributed by atoms with van der Waals surface area (Å²) in [7, 11) is 0. The van der Waals surface area contributed by atoms with E-state index in [9.17, 15) is 4.39 Å². The Bertz CT molecular complexity index is 645. The lowest BCUT2D eigenvalue weighted by molar-refractivity contribution is 0.628. The van der Waals surface area contributed by atoms with E-state index in [0.717, 1.165) is 11.3 Å². The quantitative estimate of drug-likeness (QED) is 0.701. The molecule has 0 fully saturated rings. The van der Waals surface area contributed by atoms with Crippen LogP contribution in [0.5, 0.6) is 0 Å². The van der Waals surface area contributed by atoms with Crippen LogP contribution < -0.4 is 0 Å². The number of para-hydroxylation sites is 1. The molecular formula is C16H16FN3. The van der Waals surface area contributed by atoms with Crippen molar-refractivity contribution in [1.29, 1.82) is 0 Å². The standard InChI is InChI=1S/C14H10FN3.C2H6/c15-12-8-6-11(7-9-12)14-17-16-10-18(14)13-4-2-1-3-5-13;1-2/h1-10H;1-2H3. The van der Waals surface area contributed by atoms with Crippen molar-refractivity contribution in [3.05, 3.63) is 66.7 Å². The summed E-state index contributed by atoms with van der Waals surface area (Å²) >= 11 is 0. The van der Waals surface area contributed by atoms with E-state index >= 15 is 0 Å². The Morgan fingerprint density at radius 3 is 2.20 bits per heavy atom. The van der Waals surface area contributed by atoms with E-state index in [0.29, 0.717) is 5.82 Å². The summed E-state index contributed by atoms with van der Waals surface area (Å²) in [5.41, 5.74) is 1.81. The molecule has 0 saturated heterocycles. The fraction of sp³-hybridized carbons (Fsp3) is 0.125. The van der Waals surface area contributed by atoms with Crippen LogP contribution in [0.15, 0.2) is 60.9 Å². The first-order chi connectivity index (χ1) is 9.84. The lowest BCUT2D eigenvalue weighted by Gasteiger charge is -2.06. The van der Waals surface area contributed by atoms with Crippen molar-refractivity contribution in [3.8, 4) is 17.1 Å². The summed E-state index contributed by atoms with van der Waals surface area (Å²) in [5, 5.41) is 8.00. The molecular weight excluding hydrogens is 253 g/mol. The largest absolute Gasteiger partial charge is 0.282 e. The van der Waals surface area contributed by atoms with Gasteiger partial charge in [-0.25, -0.2) is 4.39 Å². The smallest absolute Gasteiger partial charge is 0.168 e. The average molecular weight is 269 g/mol. The zero-order valence-corrected chi connectivity index (χ0v) is 11.5. The number of nitrogens with zero attached hydrogens (tertiary/aromatic N) is 3. The number of hydrogen-bond donors (Lipinski definition) is 0. The fourth-order valence-corrected chi connectivity index (χ4v) is 1.81. The Morgan fingerprint density at radius 2 is 1.55 bits per heavy atom. The molecule has 0 unspecified atom stereocenters. The highest BCUT2D eigenvalue weighted by molar-refractivity contribution is 5.57. The molecule has 0 bridgehead atoms. The predicted octanol–water partition coefficient (Wildman–Crippen LogP) is 4.10. The molecule has 102 valence electrons. The molecule has 0 spiro atoms. The van der Waals surface area contributed by atoms with Crippen molar-refractivity contribution < 1.29 is 4.39 Å². The third-order valence-corrected chi connectivity index (χ3v) is 2.68. The van der Waals surface area contributed by atoms with E-state index in [1.807, 2.05) is 48.7 Å². The maximum atomic E-state index is 12.9. The zero-order valence-electron chi connectivity index (χ0n) is 11.5. The van der Waals surface area contributed by atoms with E-state index in [2.05, 4.69) is 10.2 Å². The van der Waals surface area contributed by atoms with Crippen molar-refractivity contribution in [2.45, 2.75) is 13.8 Å². The third kappa shape index (κ3) is 2.91. The normalized spacial score (nSPS) is 9.75. The summed E-state index contributed by atoms with van der Waals surface area (Å²) in [6.07, 6.45) is 1.65. The first kappa shape index (κ1) is 13.9. The SMILES string of the molecule is CC.Fc1ccc(-c2nncn2-c2ccccc2)cc1. The molecule has 0 amide bonds. The highest BCUT2D eigenvalue weighted by Gasteiger charge is 2.08. The van der Waals surface area contributed by atoms with Crippen LogP contribution in [0.2, 0.25) is 0 Å². The molecule has 1 aromatic heterocycles. The molecule has 0 aliphatic heterocycles. The Kier molecular flexibility index (Phi) is 4.60. The minimum atomic E-state index is -0.260. The summed E-state index contributed by atoms with van der Waals surface area (Å²) < 4.78 is 14.8. The fourth-order valence-electron chi connectivity index (χ4n) is 1.81. The average Bonchev–Trinajstić information content (AvgIpc) is 3.00. The van der Waals surface area contributed by atoms with Gasteiger partial charge in [-0.2, -0.15) is 0 Å². The van der Waals surface area contributed by atoms with Crippen LogP contribution in [0.1, 0.15) is 13.8 Å². The summed E-state index contributed by atoms with van der Waals surface area (Å²) in [4.78, 5) is 0. The van der Waals surface area contributed by atoms with E-state index < -0.39 is 0 Å².